The molecule has 0 bridgehead atoms. The Balaban J connectivity index is 1.56. The van der Waals surface area contributed by atoms with Crippen LogP contribution < -0.4 is 4.90 Å². The SMILES string of the molecule is CCC1C=C2C(N3CCN(C4CC4)CC3)=Nc3ccc(Cl)cc3N2C=C(C)C1C. The van der Waals surface area contributed by atoms with Crippen LogP contribution in [0.5, 0.6) is 0 Å². The highest BCUT2D eigenvalue weighted by molar-refractivity contribution is 6.31. The first-order valence-corrected chi connectivity index (χ1v) is 11.5. The predicted molar refractivity (Wildman–Crippen MR) is 122 cm³/mol. The van der Waals surface area contributed by atoms with Crippen LogP contribution in [0.2, 0.25) is 5.02 Å². The topological polar surface area (TPSA) is 22.1 Å². The maximum atomic E-state index is 6.38. The lowest BCUT2D eigenvalue weighted by Crippen LogP contribution is -2.51. The van der Waals surface area contributed by atoms with E-state index in [1.165, 1.54) is 24.1 Å². The number of amidine groups is 1. The van der Waals surface area contributed by atoms with Gasteiger partial charge < -0.3 is 9.80 Å². The number of nitrogens with zero attached hydrogens (tertiary/aromatic N) is 4. The Morgan fingerprint density at radius 3 is 2.59 bits per heavy atom. The number of rotatable bonds is 2. The summed E-state index contributed by atoms with van der Waals surface area (Å²) in [5, 5.41) is 0.759. The lowest BCUT2D eigenvalue weighted by molar-refractivity contribution is 0.174. The molecule has 4 nitrogen and oxygen atoms in total. The van der Waals surface area contributed by atoms with Gasteiger partial charge in [-0.25, -0.2) is 4.99 Å². The van der Waals surface area contributed by atoms with Gasteiger partial charge in [0, 0.05) is 43.4 Å². The quantitative estimate of drug-likeness (QED) is 0.648. The average molecular weight is 411 g/mol. The maximum Gasteiger partial charge on any atom is 0.153 e. The summed E-state index contributed by atoms with van der Waals surface area (Å²) in [6.07, 6.45) is 8.68. The zero-order chi connectivity index (χ0) is 20.1. The van der Waals surface area contributed by atoms with E-state index in [0.29, 0.717) is 11.8 Å². The third kappa shape index (κ3) is 3.51. The van der Waals surface area contributed by atoms with Gasteiger partial charge in [-0.1, -0.05) is 37.1 Å². The first kappa shape index (κ1) is 19.2. The van der Waals surface area contributed by atoms with Gasteiger partial charge in [-0.3, -0.25) is 4.90 Å². The van der Waals surface area contributed by atoms with E-state index in [2.05, 4.69) is 59.9 Å². The monoisotopic (exact) mass is 410 g/mol. The molecule has 154 valence electrons. The van der Waals surface area contributed by atoms with E-state index in [9.17, 15) is 0 Å². The number of fused-ring (bicyclic) bond motifs is 3. The first-order valence-electron chi connectivity index (χ1n) is 11.1. The summed E-state index contributed by atoms with van der Waals surface area (Å²) in [6.45, 7) is 11.3. The second-order valence-electron chi connectivity index (χ2n) is 8.98. The predicted octanol–water partition coefficient (Wildman–Crippen LogP) is 5.43. The van der Waals surface area contributed by atoms with Gasteiger partial charge in [0.05, 0.1) is 17.1 Å². The van der Waals surface area contributed by atoms with E-state index in [0.717, 1.165) is 60.9 Å². The van der Waals surface area contributed by atoms with Crippen molar-refractivity contribution in [3.05, 3.63) is 46.8 Å². The van der Waals surface area contributed by atoms with Crippen molar-refractivity contribution < 1.29 is 0 Å². The summed E-state index contributed by atoms with van der Waals surface area (Å²) in [7, 11) is 0. The number of benzene rings is 1. The highest BCUT2D eigenvalue weighted by atomic mass is 35.5. The van der Waals surface area contributed by atoms with Gasteiger partial charge in [0.2, 0.25) is 0 Å². The minimum absolute atomic E-state index is 0.518. The van der Waals surface area contributed by atoms with E-state index in [4.69, 9.17) is 16.6 Å². The second kappa shape index (κ2) is 7.48. The molecule has 1 aliphatic carbocycles. The largest absolute Gasteiger partial charge is 0.352 e. The molecule has 1 aromatic carbocycles. The van der Waals surface area contributed by atoms with Gasteiger partial charge in [0.1, 0.15) is 0 Å². The van der Waals surface area contributed by atoms with Gasteiger partial charge in [0.25, 0.3) is 0 Å². The molecule has 2 unspecified atom stereocenters. The fourth-order valence-corrected chi connectivity index (χ4v) is 5.10. The van der Waals surface area contributed by atoms with Crippen LogP contribution in [0, 0.1) is 11.8 Å². The summed E-state index contributed by atoms with van der Waals surface area (Å²) in [6, 6.07) is 6.91. The minimum Gasteiger partial charge on any atom is -0.352 e. The van der Waals surface area contributed by atoms with Gasteiger partial charge in [-0.05, 0) is 56.2 Å². The fraction of sp³-hybridized carbons (Fsp3) is 0.542. The number of allylic oxidation sites excluding steroid dienone is 2. The molecule has 3 aliphatic heterocycles. The molecule has 0 N–H and O–H groups in total. The Bertz CT molecular complexity index is 890. The average Bonchev–Trinajstić information content (AvgIpc) is 3.58. The Morgan fingerprint density at radius 2 is 1.90 bits per heavy atom. The van der Waals surface area contributed by atoms with Crippen LogP contribution in [-0.4, -0.2) is 47.9 Å². The lowest BCUT2D eigenvalue weighted by atomic mass is 9.86. The maximum absolute atomic E-state index is 6.38. The summed E-state index contributed by atoms with van der Waals surface area (Å²) in [4.78, 5) is 12.7. The molecule has 5 rings (SSSR count). The van der Waals surface area contributed by atoms with E-state index < -0.39 is 0 Å². The first-order chi connectivity index (χ1) is 14.0. The van der Waals surface area contributed by atoms with Crippen molar-refractivity contribution in [2.75, 3.05) is 31.1 Å². The van der Waals surface area contributed by atoms with Crippen molar-refractivity contribution >= 4 is 28.8 Å². The van der Waals surface area contributed by atoms with E-state index in [1.807, 2.05) is 6.07 Å². The number of aliphatic imine (C=N–C) groups is 1. The number of anilines is 1. The smallest absolute Gasteiger partial charge is 0.153 e. The van der Waals surface area contributed by atoms with Crippen LogP contribution in [-0.2, 0) is 0 Å². The van der Waals surface area contributed by atoms with E-state index in [1.54, 1.807) is 0 Å². The van der Waals surface area contributed by atoms with Crippen LogP contribution >= 0.6 is 11.6 Å². The Morgan fingerprint density at radius 1 is 1.14 bits per heavy atom. The zero-order valence-corrected chi connectivity index (χ0v) is 18.5. The van der Waals surface area contributed by atoms with Crippen LogP contribution in [0.4, 0.5) is 11.4 Å². The number of hydrogen-bond donors (Lipinski definition) is 0. The highest BCUT2D eigenvalue weighted by Gasteiger charge is 2.36. The van der Waals surface area contributed by atoms with Gasteiger partial charge >= 0.3 is 0 Å². The number of hydrogen-bond acceptors (Lipinski definition) is 4. The molecule has 1 aromatic rings. The second-order valence-corrected chi connectivity index (χ2v) is 9.41. The summed E-state index contributed by atoms with van der Waals surface area (Å²) < 4.78 is 0. The Labute approximate surface area is 179 Å². The normalized spacial score (nSPS) is 27.5. The summed E-state index contributed by atoms with van der Waals surface area (Å²) in [5.74, 6) is 2.17. The molecule has 0 aromatic heterocycles. The highest BCUT2D eigenvalue weighted by Crippen LogP contribution is 2.42. The summed E-state index contributed by atoms with van der Waals surface area (Å²) >= 11 is 6.38. The molecule has 1 saturated heterocycles. The van der Waals surface area contributed by atoms with E-state index >= 15 is 0 Å². The molecule has 0 spiro atoms. The molecular weight excluding hydrogens is 380 g/mol. The van der Waals surface area contributed by atoms with Gasteiger partial charge in [0.15, 0.2) is 5.84 Å². The molecule has 3 heterocycles. The molecule has 5 heteroatoms. The molecule has 4 aliphatic rings. The number of halogens is 1. The molecular formula is C24H31ClN4. The standard InChI is InChI=1S/C24H31ClN4/c1-4-18-13-23-24(28-11-9-27(10-12-28)20-6-7-20)26-21-8-5-19(25)14-22(21)29(23)15-16(2)17(18)3/h5,8,13-15,17-18,20H,4,6-7,9-12H2,1-3H3. The third-order valence-corrected chi connectivity index (χ3v) is 7.36. The fourth-order valence-electron chi connectivity index (χ4n) is 4.94. The minimum atomic E-state index is 0.518. The summed E-state index contributed by atoms with van der Waals surface area (Å²) in [5.41, 5.74) is 4.74. The van der Waals surface area contributed by atoms with Gasteiger partial charge in [-0.15, -0.1) is 0 Å². The van der Waals surface area contributed by atoms with Crippen LogP contribution in [0.15, 0.2) is 46.7 Å². The van der Waals surface area contributed by atoms with Crippen molar-refractivity contribution in [3.63, 3.8) is 0 Å². The van der Waals surface area contributed by atoms with Crippen LogP contribution in [0.3, 0.4) is 0 Å². The molecule has 2 fully saturated rings. The molecule has 0 radical (unpaired) electrons. The van der Waals surface area contributed by atoms with Crippen molar-refractivity contribution in [2.24, 2.45) is 16.8 Å². The van der Waals surface area contributed by atoms with Crippen LogP contribution in [0.25, 0.3) is 0 Å². The Kier molecular flexibility index (Phi) is 4.95. The molecule has 29 heavy (non-hydrogen) atoms. The van der Waals surface area contributed by atoms with E-state index in [-0.39, 0.29) is 0 Å². The number of piperazine rings is 1. The molecule has 2 atom stereocenters. The van der Waals surface area contributed by atoms with Crippen molar-refractivity contribution in [1.29, 1.82) is 0 Å². The van der Waals surface area contributed by atoms with Crippen molar-refractivity contribution in [1.82, 2.24) is 9.80 Å². The van der Waals surface area contributed by atoms with Crippen molar-refractivity contribution in [2.45, 2.75) is 46.1 Å². The lowest BCUT2D eigenvalue weighted by Gasteiger charge is -2.40. The Hall–Kier alpha value is -1.78. The zero-order valence-electron chi connectivity index (χ0n) is 17.7. The van der Waals surface area contributed by atoms with Crippen molar-refractivity contribution in [3.8, 4) is 0 Å². The van der Waals surface area contributed by atoms with Crippen LogP contribution in [0.1, 0.15) is 40.0 Å². The third-order valence-electron chi connectivity index (χ3n) is 7.13. The van der Waals surface area contributed by atoms with Gasteiger partial charge in [-0.2, -0.15) is 0 Å². The molecule has 0 amide bonds. The molecule has 1 saturated carbocycles.